The van der Waals surface area contributed by atoms with Crippen LogP contribution in [0.4, 0.5) is 13.2 Å². The van der Waals surface area contributed by atoms with Crippen molar-refractivity contribution in [1.29, 1.82) is 0 Å². The van der Waals surface area contributed by atoms with Crippen molar-refractivity contribution in [2.75, 3.05) is 6.67 Å². The molecule has 20 heavy (non-hydrogen) atoms. The first kappa shape index (κ1) is 15.2. The first-order chi connectivity index (χ1) is 9.36. The summed E-state index contributed by atoms with van der Waals surface area (Å²) in [5.41, 5.74) is 1.03. The molecule has 0 amide bonds. The predicted octanol–water partition coefficient (Wildman–Crippen LogP) is 3.62. The van der Waals surface area contributed by atoms with Crippen LogP contribution in [0.15, 0.2) is 24.3 Å². The first-order valence-electron chi connectivity index (χ1n) is 6.33. The largest absolute Gasteiger partial charge is 0.407 e. The molecule has 1 saturated carbocycles. The summed E-state index contributed by atoms with van der Waals surface area (Å²) < 4.78 is 64.4. The lowest BCUT2D eigenvalue weighted by Gasteiger charge is -2.14. The summed E-state index contributed by atoms with van der Waals surface area (Å²) in [6, 6.07) is 5.96. The normalized spacial score (nSPS) is 17.4. The lowest BCUT2D eigenvalue weighted by molar-refractivity contribution is 0.0538. The zero-order chi connectivity index (χ0) is 14.8. The van der Waals surface area contributed by atoms with E-state index in [0.717, 1.165) is 31.2 Å². The Bertz CT molecular complexity index is 549. The van der Waals surface area contributed by atoms with E-state index in [1.807, 2.05) is 0 Å². The molecule has 1 aliphatic rings. The molecule has 1 fully saturated rings. The Kier molecular flexibility index (Phi) is 4.27. The van der Waals surface area contributed by atoms with Crippen molar-refractivity contribution < 1.29 is 25.8 Å². The molecule has 0 bridgehead atoms. The number of hydrogen-bond acceptors (Lipinski definition) is 3. The Hall–Kier alpha value is -1.24. The van der Waals surface area contributed by atoms with Gasteiger partial charge in [-0.05, 0) is 36.5 Å². The van der Waals surface area contributed by atoms with Gasteiger partial charge in [0, 0.05) is 0 Å². The molecule has 0 N–H and O–H groups in total. The van der Waals surface area contributed by atoms with Crippen LogP contribution in [0.3, 0.4) is 0 Å². The molecule has 0 unspecified atom stereocenters. The first-order valence-corrected chi connectivity index (χ1v) is 7.74. The van der Waals surface area contributed by atoms with Gasteiger partial charge in [0.1, 0.15) is 5.75 Å². The third-order valence-electron chi connectivity index (χ3n) is 3.43. The van der Waals surface area contributed by atoms with Gasteiger partial charge in [-0.1, -0.05) is 25.0 Å². The predicted molar refractivity (Wildman–Crippen MR) is 68.1 cm³/mol. The van der Waals surface area contributed by atoms with Gasteiger partial charge >= 0.3 is 15.4 Å². The number of halogens is 3. The van der Waals surface area contributed by atoms with Gasteiger partial charge in [-0.15, -0.1) is 0 Å². The summed E-state index contributed by atoms with van der Waals surface area (Å²) >= 11 is 0. The summed E-state index contributed by atoms with van der Waals surface area (Å²) in [6.07, 6.45) is 4.44. The Morgan fingerprint density at radius 1 is 1.15 bits per heavy atom. The smallest absolute Gasteiger partial charge is 0.378 e. The number of rotatable bonds is 5. The molecule has 0 radical (unpaired) electrons. The molecule has 0 spiro atoms. The number of hydrogen-bond donors (Lipinski definition) is 0. The maximum absolute atomic E-state index is 12.9. The Labute approximate surface area is 115 Å². The summed E-state index contributed by atoms with van der Waals surface area (Å²) in [7, 11) is -5.30. The number of benzene rings is 1. The highest BCUT2D eigenvalue weighted by Gasteiger charge is 2.47. The van der Waals surface area contributed by atoms with Gasteiger partial charge in [0.25, 0.3) is 0 Å². The Balaban J connectivity index is 2.11. The van der Waals surface area contributed by atoms with Crippen molar-refractivity contribution in [2.45, 2.75) is 36.9 Å². The average molecular weight is 308 g/mol. The molecule has 2 rings (SSSR count). The van der Waals surface area contributed by atoms with Gasteiger partial charge in [0.15, 0.2) is 6.67 Å². The highest BCUT2D eigenvalue weighted by atomic mass is 32.2. The maximum atomic E-state index is 12.9. The maximum Gasteiger partial charge on any atom is 0.407 e. The van der Waals surface area contributed by atoms with E-state index in [-0.39, 0.29) is 5.75 Å². The van der Waals surface area contributed by atoms with Gasteiger partial charge < -0.3 is 4.18 Å². The van der Waals surface area contributed by atoms with Gasteiger partial charge in [-0.25, -0.2) is 4.39 Å². The van der Waals surface area contributed by atoms with Crippen molar-refractivity contribution >= 4 is 10.1 Å². The fourth-order valence-corrected chi connectivity index (χ4v) is 2.93. The minimum atomic E-state index is -5.30. The molecule has 0 atom stereocenters. The van der Waals surface area contributed by atoms with Crippen molar-refractivity contribution in [3.8, 4) is 5.75 Å². The number of alkyl halides is 3. The van der Waals surface area contributed by atoms with E-state index in [9.17, 15) is 21.6 Å². The second kappa shape index (κ2) is 5.63. The van der Waals surface area contributed by atoms with Crippen LogP contribution in [0.1, 0.15) is 37.2 Å². The second-order valence-corrected chi connectivity index (χ2v) is 6.53. The fourth-order valence-electron chi connectivity index (χ4n) is 2.31. The zero-order valence-electron chi connectivity index (χ0n) is 10.7. The summed E-state index contributed by atoms with van der Waals surface area (Å²) in [5, 5.41) is -4.53. The van der Waals surface area contributed by atoms with Gasteiger partial charge in [0.2, 0.25) is 0 Å². The van der Waals surface area contributed by atoms with Gasteiger partial charge in [-0.2, -0.15) is 17.2 Å². The molecule has 1 aromatic carbocycles. The molecule has 0 aromatic heterocycles. The molecule has 1 aliphatic carbocycles. The van der Waals surface area contributed by atoms with Crippen LogP contribution in [-0.4, -0.2) is 20.3 Å². The van der Waals surface area contributed by atoms with E-state index >= 15 is 0 Å². The minimum absolute atomic E-state index is 0.236. The molecule has 112 valence electrons. The SMILES string of the molecule is O=S(=O)(Oc1ccc(C2CCCC2)cc1)C(F)(F)CF. The van der Waals surface area contributed by atoms with Crippen molar-refractivity contribution in [3.05, 3.63) is 29.8 Å². The molecule has 3 nitrogen and oxygen atoms in total. The van der Waals surface area contributed by atoms with Crippen molar-refractivity contribution in [2.24, 2.45) is 0 Å². The summed E-state index contributed by atoms with van der Waals surface area (Å²) in [6.45, 7) is -2.31. The quantitative estimate of drug-likeness (QED) is 0.780. The lowest BCUT2D eigenvalue weighted by Crippen LogP contribution is -2.34. The lowest BCUT2D eigenvalue weighted by atomic mass is 9.98. The third kappa shape index (κ3) is 3.08. The van der Waals surface area contributed by atoms with Crippen LogP contribution in [0, 0.1) is 0 Å². The van der Waals surface area contributed by atoms with Crippen LogP contribution < -0.4 is 4.18 Å². The molecule has 7 heteroatoms. The highest BCUT2D eigenvalue weighted by Crippen LogP contribution is 2.35. The van der Waals surface area contributed by atoms with Crippen LogP contribution in [-0.2, 0) is 10.1 Å². The fraction of sp³-hybridized carbons (Fsp3) is 0.538. The van der Waals surface area contributed by atoms with Crippen LogP contribution in [0.2, 0.25) is 0 Å². The monoisotopic (exact) mass is 308 g/mol. The van der Waals surface area contributed by atoms with Crippen LogP contribution in [0.5, 0.6) is 5.75 Å². The molecule has 0 heterocycles. The third-order valence-corrected chi connectivity index (χ3v) is 4.69. The van der Waals surface area contributed by atoms with Gasteiger partial charge in [-0.3, -0.25) is 0 Å². The Morgan fingerprint density at radius 3 is 2.20 bits per heavy atom. The average Bonchev–Trinajstić information content (AvgIpc) is 2.93. The molecule has 1 aromatic rings. The minimum Gasteiger partial charge on any atom is -0.378 e. The van der Waals surface area contributed by atoms with E-state index in [1.165, 1.54) is 12.1 Å². The molecule has 0 aliphatic heterocycles. The van der Waals surface area contributed by atoms with E-state index in [2.05, 4.69) is 4.18 Å². The van der Waals surface area contributed by atoms with E-state index in [4.69, 9.17) is 0 Å². The summed E-state index contributed by atoms with van der Waals surface area (Å²) in [5.74, 6) is 0.188. The highest BCUT2D eigenvalue weighted by molar-refractivity contribution is 7.88. The standard InChI is InChI=1S/C13H15F3O3S/c14-9-13(15,16)20(17,18)19-12-7-5-11(6-8-12)10-3-1-2-4-10/h5-8,10H,1-4,9H2. The van der Waals surface area contributed by atoms with E-state index < -0.39 is 22.0 Å². The molecule has 0 saturated heterocycles. The molecular weight excluding hydrogens is 293 g/mol. The van der Waals surface area contributed by atoms with Crippen molar-refractivity contribution in [3.63, 3.8) is 0 Å². The topological polar surface area (TPSA) is 43.4 Å². The molecular formula is C13H15F3O3S. The summed E-state index contributed by atoms with van der Waals surface area (Å²) in [4.78, 5) is 0. The zero-order valence-corrected chi connectivity index (χ0v) is 11.5. The second-order valence-electron chi connectivity index (χ2n) is 4.86. The van der Waals surface area contributed by atoms with Crippen LogP contribution >= 0.6 is 0 Å². The van der Waals surface area contributed by atoms with E-state index in [1.54, 1.807) is 12.1 Å². The van der Waals surface area contributed by atoms with Crippen molar-refractivity contribution in [1.82, 2.24) is 0 Å². The van der Waals surface area contributed by atoms with E-state index in [0.29, 0.717) is 5.92 Å². The van der Waals surface area contributed by atoms with Gasteiger partial charge in [0.05, 0.1) is 0 Å². The van der Waals surface area contributed by atoms with Crippen LogP contribution in [0.25, 0.3) is 0 Å². The Morgan fingerprint density at radius 2 is 1.70 bits per heavy atom.